The molecule has 3 aromatic rings. The molecule has 0 amide bonds. The van der Waals surface area contributed by atoms with E-state index in [2.05, 4.69) is 27.0 Å². The lowest BCUT2D eigenvalue weighted by Crippen LogP contribution is -2.31. The highest BCUT2D eigenvalue weighted by atomic mass is 19.4. The molecule has 2 aromatic carbocycles. The summed E-state index contributed by atoms with van der Waals surface area (Å²) in [5.41, 5.74) is 3.45. The highest BCUT2D eigenvalue weighted by Gasteiger charge is 2.37. The molecular weight excluding hydrogens is 401 g/mol. The minimum atomic E-state index is -4.37. The molecule has 0 aliphatic carbocycles. The third-order valence-electron chi connectivity index (χ3n) is 6.58. The number of nitrogens with zero attached hydrogens (tertiary/aromatic N) is 3. The fourth-order valence-corrected chi connectivity index (χ4v) is 5.12. The predicted octanol–water partition coefficient (Wildman–Crippen LogP) is 6.22. The number of aromatic nitrogens is 2. The molecule has 31 heavy (non-hydrogen) atoms. The minimum absolute atomic E-state index is 0.0647. The van der Waals surface area contributed by atoms with Gasteiger partial charge in [0, 0.05) is 31.0 Å². The van der Waals surface area contributed by atoms with Gasteiger partial charge in [0.1, 0.15) is 5.82 Å². The van der Waals surface area contributed by atoms with E-state index in [0.29, 0.717) is 24.5 Å². The van der Waals surface area contributed by atoms with Crippen molar-refractivity contribution in [3.05, 3.63) is 53.3 Å². The van der Waals surface area contributed by atoms with E-state index in [-0.39, 0.29) is 6.04 Å². The Morgan fingerprint density at radius 3 is 2.55 bits per heavy atom. The average molecular weight is 429 g/mol. The first-order chi connectivity index (χ1) is 14.9. The molecule has 164 valence electrons. The van der Waals surface area contributed by atoms with Gasteiger partial charge >= 0.3 is 6.18 Å². The Kier molecular flexibility index (Phi) is 5.07. The average Bonchev–Trinajstić information content (AvgIpc) is 3.38. The lowest BCUT2D eigenvalue weighted by atomic mass is 10.0. The summed E-state index contributed by atoms with van der Waals surface area (Å²) in [5, 5.41) is 0. The van der Waals surface area contributed by atoms with Gasteiger partial charge in [0.05, 0.1) is 22.6 Å². The van der Waals surface area contributed by atoms with Crippen molar-refractivity contribution in [2.24, 2.45) is 0 Å². The van der Waals surface area contributed by atoms with Crippen molar-refractivity contribution in [1.29, 1.82) is 0 Å². The van der Waals surface area contributed by atoms with Gasteiger partial charge in [-0.15, -0.1) is 0 Å². The largest absolute Gasteiger partial charge is 0.418 e. The van der Waals surface area contributed by atoms with E-state index in [9.17, 15) is 13.2 Å². The summed E-state index contributed by atoms with van der Waals surface area (Å²) in [6.07, 6.45) is 0.495. The Morgan fingerprint density at radius 2 is 1.77 bits per heavy atom. The van der Waals surface area contributed by atoms with Crippen LogP contribution in [0.5, 0.6) is 0 Å². The summed E-state index contributed by atoms with van der Waals surface area (Å²) in [6.45, 7) is 4.06. The first-order valence-corrected chi connectivity index (χ1v) is 11.1. The maximum atomic E-state index is 14.0. The molecule has 7 heteroatoms. The molecule has 5 rings (SSSR count). The number of fused-ring (bicyclic) bond motifs is 1. The van der Waals surface area contributed by atoms with Crippen LogP contribution in [0.1, 0.15) is 55.1 Å². The SMILES string of the molecule is Cc1nc2ccc([C@H]3CCCN3c3ccc(N4CCCCC4)c(C(F)(F)F)c3)cc2[nH]1. The summed E-state index contributed by atoms with van der Waals surface area (Å²) < 4.78 is 42.0. The monoisotopic (exact) mass is 428 g/mol. The van der Waals surface area contributed by atoms with Gasteiger partial charge < -0.3 is 14.8 Å². The van der Waals surface area contributed by atoms with E-state index in [1.807, 2.05) is 24.0 Å². The fourth-order valence-electron chi connectivity index (χ4n) is 5.12. The number of alkyl halides is 3. The number of rotatable bonds is 3. The zero-order valence-electron chi connectivity index (χ0n) is 17.7. The van der Waals surface area contributed by atoms with Crippen LogP contribution in [0.3, 0.4) is 0 Å². The first-order valence-electron chi connectivity index (χ1n) is 11.1. The number of aryl methyl sites for hydroxylation is 1. The van der Waals surface area contributed by atoms with Crippen LogP contribution in [0.2, 0.25) is 0 Å². The molecule has 0 unspecified atom stereocenters. The van der Waals surface area contributed by atoms with Crippen molar-refractivity contribution in [2.75, 3.05) is 29.4 Å². The van der Waals surface area contributed by atoms with Gasteiger partial charge in [0.25, 0.3) is 0 Å². The Bertz CT molecular complexity index is 1080. The molecule has 0 bridgehead atoms. The number of hydrogen-bond acceptors (Lipinski definition) is 3. The molecule has 3 heterocycles. The van der Waals surface area contributed by atoms with Crippen LogP contribution in [0.25, 0.3) is 11.0 Å². The predicted molar refractivity (Wildman–Crippen MR) is 118 cm³/mol. The van der Waals surface area contributed by atoms with Crippen LogP contribution in [-0.2, 0) is 6.18 Å². The normalized spacial score (nSPS) is 20.1. The second-order valence-electron chi connectivity index (χ2n) is 8.70. The van der Waals surface area contributed by atoms with E-state index >= 15 is 0 Å². The van der Waals surface area contributed by atoms with Crippen LogP contribution in [-0.4, -0.2) is 29.6 Å². The number of anilines is 2. The number of imidazole rings is 1. The zero-order valence-corrected chi connectivity index (χ0v) is 17.7. The first kappa shape index (κ1) is 20.2. The molecule has 0 spiro atoms. The van der Waals surface area contributed by atoms with Crippen molar-refractivity contribution in [1.82, 2.24) is 9.97 Å². The van der Waals surface area contributed by atoms with Crippen LogP contribution in [0.15, 0.2) is 36.4 Å². The topological polar surface area (TPSA) is 35.2 Å². The van der Waals surface area contributed by atoms with Crippen LogP contribution >= 0.6 is 0 Å². The van der Waals surface area contributed by atoms with Gasteiger partial charge in [-0.2, -0.15) is 13.2 Å². The molecule has 0 radical (unpaired) electrons. The number of hydrogen-bond donors (Lipinski definition) is 1. The highest BCUT2D eigenvalue weighted by molar-refractivity contribution is 5.76. The Labute approximate surface area is 180 Å². The van der Waals surface area contributed by atoms with Gasteiger partial charge in [-0.05, 0) is 74.9 Å². The Hall–Kier alpha value is -2.70. The molecule has 2 fully saturated rings. The van der Waals surface area contributed by atoms with E-state index in [1.54, 1.807) is 6.07 Å². The number of halogens is 3. The van der Waals surface area contributed by atoms with Crippen molar-refractivity contribution in [3.63, 3.8) is 0 Å². The second kappa shape index (κ2) is 7.77. The Morgan fingerprint density at radius 1 is 0.968 bits per heavy atom. The van der Waals surface area contributed by atoms with Gasteiger partial charge in [-0.25, -0.2) is 4.98 Å². The highest BCUT2D eigenvalue weighted by Crippen LogP contribution is 2.43. The zero-order chi connectivity index (χ0) is 21.6. The number of nitrogens with one attached hydrogen (secondary N) is 1. The quantitative estimate of drug-likeness (QED) is 0.538. The summed E-state index contributed by atoms with van der Waals surface area (Å²) >= 11 is 0. The maximum absolute atomic E-state index is 14.0. The smallest absolute Gasteiger partial charge is 0.371 e. The van der Waals surface area contributed by atoms with E-state index in [0.717, 1.165) is 61.1 Å². The summed E-state index contributed by atoms with van der Waals surface area (Å²) in [5.74, 6) is 0.860. The van der Waals surface area contributed by atoms with E-state index < -0.39 is 11.7 Å². The Balaban J connectivity index is 1.50. The third kappa shape index (κ3) is 3.86. The van der Waals surface area contributed by atoms with Crippen molar-refractivity contribution in [2.45, 2.75) is 51.2 Å². The van der Waals surface area contributed by atoms with Crippen LogP contribution in [0.4, 0.5) is 24.5 Å². The van der Waals surface area contributed by atoms with Gasteiger partial charge in [0.2, 0.25) is 0 Å². The number of aromatic amines is 1. The lowest BCUT2D eigenvalue weighted by Gasteiger charge is -2.33. The maximum Gasteiger partial charge on any atom is 0.418 e. The van der Waals surface area contributed by atoms with Crippen molar-refractivity contribution < 1.29 is 13.2 Å². The van der Waals surface area contributed by atoms with Crippen LogP contribution in [0, 0.1) is 6.92 Å². The van der Waals surface area contributed by atoms with E-state index in [4.69, 9.17) is 0 Å². The van der Waals surface area contributed by atoms with E-state index in [1.165, 1.54) is 6.07 Å². The van der Waals surface area contributed by atoms with Gasteiger partial charge in [0.15, 0.2) is 0 Å². The third-order valence-corrected chi connectivity index (χ3v) is 6.58. The fraction of sp³-hybridized carbons (Fsp3) is 0.458. The van der Waals surface area contributed by atoms with Crippen LogP contribution < -0.4 is 9.80 Å². The standard InChI is InChI=1S/C24H27F3N4/c1-16-28-20-9-7-17(14-21(20)29-16)22-6-5-13-31(22)18-8-10-23(19(15-18)24(25,26)27)30-11-3-2-4-12-30/h7-10,14-15,22H,2-6,11-13H2,1H3,(H,28,29)/t22-/m1/s1. The lowest BCUT2D eigenvalue weighted by molar-refractivity contribution is -0.137. The number of piperidine rings is 1. The number of benzene rings is 2. The molecular formula is C24H27F3N4. The number of H-pyrrole nitrogens is 1. The second-order valence-corrected chi connectivity index (χ2v) is 8.70. The summed E-state index contributed by atoms with van der Waals surface area (Å²) in [4.78, 5) is 11.7. The molecule has 2 aliphatic rings. The molecule has 2 saturated heterocycles. The van der Waals surface area contributed by atoms with Crippen molar-refractivity contribution in [3.8, 4) is 0 Å². The molecule has 1 N–H and O–H groups in total. The van der Waals surface area contributed by atoms with Gasteiger partial charge in [-0.3, -0.25) is 0 Å². The summed E-state index contributed by atoms with van der Waals surface area (Å²) in [7, 11) is 0. The molecule has 1 aromatic heterocycles. The summed E-state index contributed by atoms with van der Waals surface area (Å²) in [6, 6.07) is 11.1. The van der Waals surface area contributed by atoms with Crippen molar-refractivity contribution >= 4 is 22.4 Å². The molecule has 0 saturated carbocycles. The van der Waals surface area contributed by atoms with Gasteiger partial charge in [-0.1, -0.05) is 6.07 Å². The minimum Gasteiger partial charge on any atom is -0.371 e. The molecule has 4 nitrogen and oxygen atoms in total. The molecule has 2 aliphatic heterocycles. The molecule has 1 atom stereocenters.